The molecule has 2 aromatic carbocycles. The van der Waals surface area contributed by atoms with Crippen LogP contribution in [0.1, 0.15) is 56.3 Å². The number of benzene rings is 2. The van der Waals surface area contributed by atoms with Crippen molar-refractivity contribution in [1.82, 2.24) is 5.32 Å². The second-order valence-electron chi connectivity index (χ2n) is 6.72. The quantitative estimate of drug-likeness (QED) is 0.372. The zero-order chi connectivity index (χ0) is 20.9. The van der Waals surface area contributed by atoms with Crippen molar-refractivity contribution in [2.75, 3.05) is 18.5 Å². The van der Waals surface area contributed by atoms with Crippen LogP contribution in [0.5, 0.6) is 11.5 Å². The van der Waals surface area contributed by atoms with Gasteiger partial charge in [0.25, 0.3) is 5.91 Å². The minimum Gasteiger partial charge on any atom is -0.494 e. The molecule has 156 valence electrons. The van der Waals surface area contributed by atoms with Crippen molar-refractivity contribution >= 4 is 28.9 Å². The third-order valence-electron chi connectivity index (χ3n) is 4.15. The van der Waals surface area contributed by atoms with Gasteiger partial charge in [-0.05, 0) is 55.4 Å². The number of rotatable bonds is 11. The van der Waals surface area contributed by atoms with Gasteiger partial charge in [0.2, 0.25) is 0 Å². The van der Waals surface area contributed by atoms with E-state index in [0.717, 1.165) is 24.3 Å². The Balaban J connectivity index is 1.85. The lowest BCUT2D eigenvalue weighted by atomic mass is 10.2. The lowest BCUT2D eigenvalue weighted by Crippen LogP contribution is -2.34. The van der Waals surface area contributed by atoms with E-state index in [1.165, 1.54) is 19.3 Å². The lowest BCUT2D eigenvalue weighted by molar-refractivity contribution is 0.0977. The molecule has 0 saturated heterocycles. The molecule has 2 aromatic rings. The number of carbonyl (C=O) groups is 1. The predicted molar refractivity (Wildman–Crippen MR) is 122 cm³/mol. The monoisotopic (exact) mass is 414 g/mol. The van der Waals surface area contributed by atoms with E-state index in [4.69, 9.17) is 21.7 Å². The summed E-state index contributed by atoms with van der Waals surface area (Å²) in [6, 6.07) is 14.6. The average molecular weight is 415 g/mol. The topological polar surface area (TPSA) is 59.6 Å². The highest BCUT2D eigenvalue weighted by atomic mass is 32.1. The number of amides is 1. The fourth-order valence-corrected chi connectivity index (χ4v) is 2.88. The van der Waals surface area contributed by atoms with E-state index in [2.05, 4.69) is 17.6 Å². The van der Waals surface area contributed by atoms with Gasteiger partial charge in [-0.3, -0.25) is 10.1 Å². The van der Waals surface area contributed by atoms with Crippen molar-refractivity contribution in [2.45, 2.75) is 46.0 Å². The summed E-state index contributed by atoms with van der Waals surface area (Å²) in [6.07, 6.45) is 5.56. The summed E-state index contributed by atoms with van der Waals surface area (Å²) in [6.45, 7) is 5.53. The number of unbranched alkanes of at least 4 members (excludes halogenated alkanes) is 3. The first-order valence-corrected chi connectivity index (χ1v) is 10.6. The number of thiocarbonyl (C=S) groups is 1. The molecule has 0 unspecified atom stereocenters. The maximum Gasteiger partial charge on any atom is 0.257 e. The molecule has 0 aromatic heterocycles. The second kappa shape index (κ2) is 12.8. The Morgan fingerprint density at radius 2 is 1.62 bits per heavy atom. The molecule has 0 spiro atoms. The predicted octanol–water partition coefficient (Wildman–Crippen LogP) is 5.56. The highest BCUT2D eigenvalue weighted by Crippen LogP contribution is 2.18. The summed E-state index contributed by atoms with van der Waals surface area (Å²) in [5.41, 5.74) is 1.26. The van der Waals surface area contributed by atoms with Crippen molar-refractivity contribution in [2.24, 2.45) is 0 Å². The summed E-state index contributed by atoms with van der Waals surface area (Å²) in [5, 5.41) is 5.96. The molecule has 0 aliphatic rings. The molecule has 2 rings (SSSR count). The smallest absolute Gasteiger partial charge is 0.257 e. The molecule has 0 saturated carbocycles. The average Bonchev–Trinajstić information content (AvgIpc) is 2.72. The van der Waals surface area contributed by atoms with Gasteiger partial charge in [-0.1, -0.05) is 45.2 Å². The first-order valence-electron chi connectivity index (χ1n) is 10.2. The number of anilines is 1. The highest BCUT2D eigenvalue weighted by Gasteiger charge is 2.09. The van der Waals surface area contributed by atoms with Gasteiger partial charge >= 0.3 is 0 Å². The molecule has 2 N–H and O–H groups in total. The molecule has 1 amide bonds. The summed E-state index contributed by atoms with van der Waals surface area (Å²) in [5.74, 6) is 1.16. The van der Waals surface area contributed by atoms with Gasteiger partial charge < -0.3 is 14.8 Å². The molecule has 29 heavy (non-hydrogen) atoms. The van der Waals surface area contributed by atoms with Crippen molar-refractivity contribution in [3.8, 4) is 11.5 Å². The molecule has 0 radical (unpaired) electrons. The van der Waals surface area contributed by atoms with Crippen LogP contribution in [0.4, 0.5) is 5.69 Å². The third-order valence-corrected chi connectivity index (χ3v) is 4.36. The molecule has 0 atom stereocenters. The summed E-state index contributed by atoms with van der Waals surface area (Å²) >= 11 is 5.28. The van der Waals surface area contributed by atoms with Gasteiger partial charge in [-0.15, -0.1) is 0 Å². The van der Waals surface area contributed by atoms with Crippen LogP contribution in [-0.2, 0) is 0 Å². The maximum absolute atomic E-state index is 12.4. The fourth-order valence-electron chi connectivity index (χ4n) is 2.67. The van der Waals surface area contributed by atoms with Crippen molar-refractivity contribution in [3.05, 3.63) is 54.1 Å². The Morgan fingerprint density at radius 3 is 2.38 bits per heavy atom. The zero-order valence-electron chi connectivity index (χ0n) is 17.2. The van der Waals surface area contributed by atoms with Crippen LogP contribution in [-0.4, -0.2) is 24.2 Å². The van der Waals surface area contributed by atoms with Gasteiger partial charge in [0.05, 0.1) is 13.2 Å². The molecular weight excluding hydrogens is 384 g/mol. The molecule has 0 heterocycles. The van der Waals surface area contributed by atoms with Crippen LogP contribution in [0, 0.1) is 0 Å². The van der Waals surface area contributed by atoms with E-state index in [9.17, 15) is 4.79 Å². The Hall–Kier alpha value is -2.60. The molecule has 6 heteroatoms. The summed E-state index contributed by atoms with van der Waals surface area (Å²) in [7, 11) is 0. The Morgan fingerprint density at radius 1 is 0.897 bits per heavy atom. The number of hydrogen-bond donors (Lipinski definition) is 2. The van der Waals surface area contributed by atoms with Crippen LogP contribution in [0.25, 0.3) is 0 Å². The van der Waals surface area contributed by atoms with Gasteiger partial charge in [0.15, 0.2) is 5.11 Å². The molecule has 0 bridgehead atoms. The van der Waals surface area contributed by atoms with Crippen molar-refractivity contribution in [1.29, 1.82) is 0 Å². The second-order valence-corrected chi connectivity index (χ2v) is 7.13. The SMILES string of the molecule is CCCCCCOc1cccc(NC(=S)NC(=O)c2cccc(OCCC)c2)c1. The van der Waals surface area contributed by atoms with Crippen LogP contribution in [0.3, 0.4) is 0 Å². The minimum absolute atomic E-state index is 0.231. The Labute approximate surface area is 178 Å². The van der Waals surface area contributed by atoms with Crippen LogP contribution in [0.15, 0.2) is 48.5 Å². The van der Waals surface area contributed by atoms with E-state index in [0.29, 0.717) is 24.5 Å². The van der Waals surface area contributed by atoms with Crippen LogP contribution >= 0.6 is 12.2 Å². The summed E-state index contributed by atoms with van der Waals surface area (Å²) < 4.78 is 11.4. The van der Waals surface area contributed by atoms with Crippen molar-refractivity contribution < 1.29 is 14.3 Å². The van der Waals surface area contributed by atoms with Gasteiger partial charge in [0, 0.05) is 17.3 Å². The van der Waals surface area contributed by atoms with Crippen LogP contribution < -0.4 is 20.1 Å². The van der Waals surface area contributed by atoms with E-state index >= 15 is 0 Å². The van der Waals surface area contributed by atoms with Crippen LogP contribution in [0.2, 0.25) is 0 Å². The lowest BCUT2D eigenvalue weighted by Gasteiger charge is -2.12. The standard InChI is InChI=1S/C23H30N2O3S/c1-3-5-6-7-15-28-21-13-9-11-19(17-21)24-23(29)25-22(26)18-10-8-12-20(16-18)27-14-4-2/h8-13,16-17H,3-7,14-15H2,1-2H3,(H2,24,25,26,29). The molecule has 0 aliphatic heterocycles. The first-order chi connectivity index (χ1) is 14.1. The number of carbonyl (C=O) groups excluding carboxylic acids is 1. The first kappa shape index (κ1) is 22.7. The Bertz CT molecular complexity index is 795. The number of nitrogens with one attached hydrogen (secondary N) is 2. The molecule has 0 aliphatic carbocycles. The van der Waals surface area contributed by atoms with E-state index in [1.54, 1.807) is 18.2 Å². The van der Waals surface area contributed by atoms with Crippen molar-refractivity contribution in [3.63, 3.8) is 0 Å². The number of ether oxygens (including phenoxy) is 2. The third kappa shape index (κ3) is 8.52. The number of hydrogen-bond acceptors (Lipinski definition) is 4. The summed E-state index contributed by atoms with van der Waals surface area (Å²) in [4.78, 5) is 12.4. The van der Waals surface area contributed by atoms with Gasteiger partial charge in [-0.2, -0.15) is 0 Å². The fraction of sp³-hybridized carbons (Fsp3) is 0.391. The normalized spacial score (nSPS) is 10.3. The van der Waals surface area contributed by atoms with E-state index in [1.807, 2.05) is 37.3 Å². The van der Waals surface area contributed by atoms with Gasteiger partial charge in [0.1, 0.15) is 11.5 Å². The molecule has 0 fully saturated rings. The Kier molecular flexibility index (Phi) is 10.00. The van der Waals surface area contributed by atoms with Gasteiger partial charge in [-0.25, -0.2) is 0 Å². The highest BCUT2D eigenvalue weighted by molar-refractivity contribution is 7.80. The molecule has 5 nitrogen and oxygen atoms in total. The largest absolute Gasteiger partial charge is 0.494 e. The van der Waals surface area contributed by atoms with E-state index < -0.39 is 0 Å². The zero-order valence-corrected chi connectivity index (χ0v) is 18.0. The molecular formula is C23H30N2O3S. The maximum atomic E-state index is 12.4. The minimum atomic E-state index is -0.284. The van der Waals surface area contributed by atoms with E-state index in [-0.39, 0.29) is 11.0 Å².